The maximum atomic E-state index is 13.5. The fourth-order valence-electron chi connectivity index (χ4n) is 6.92. The number of esters is 1. The van der Waals surface area contributed by atoms with Crippen LogP contribution in [0.1, 0.15) is 44.7 Å². The van der Waals surface area contributed by atoms with Crippen molar-refractivity contribution >= 4 is 52.7 Å². The summed E-state index contributed by atoms with van der Waals surface area (Å²) in [6.45, 7) is 5.96. The summed E-state index contributed by atoms with van der Waals surface area (Å²) in [4.78, 5) is 65.8. The first-order chi connectivity index (χ1) is 27.7. The second kappa shape index (κ2) is 16.5. The summed E-state index contributed by atoms with van der Waals surface area (Å²) in [6.07, 6.45) is 3.56. The molecule has 2 aliphatic rings. The number of amidine groups is 1. The van der Waals surface area contributed by atoms with Crippen LogP contribution in [0.25, 0.3) is 39.2 Å². The van der Waals surface area contributed by atoms with E-state index in [1.54, 1.807) is 44.0 Å². The Morgan fingerprint density at radius 3 is 2.31 bits per heavy atom. The van der Waals surface area contributed by atoms with Gasteiger partial charge in [0.15, 0.2) is 0 Å². The van der Waals surface area contributed by atoms with Crippen LogP contribution in [0.4, 0.5) is 4.79 Å². The van der Waals surface area contributed by atoms with Crippen LogP contribution >= 0.6 is 23.2 Å². The zero-order chi connectivity index (χ0) is 41.3. The number of rotatable bonds is 10. The van der Waals surface area contributed by atoms with Crippen LogP contribution < -0.4 is 20.9 Å². The van der Waals surface area contributed by atoms with E-state index in [0.29, 0.717) is 67.9 Å². The minimum absolute atomic E-state index is 0.0460. The van der Waals surface area contributed by atoms with Gasteiger partial charge in [0.25, 0.3) is 5.56 Å². The standard InChI is InChI=1S/C42H41Cl2N7O7/c1-42(2,3)58-41(55)50(22-25-13-15-34(52)47-25)21-24-12-14-31(49-38(24)56-4)29-11-7-10-28(36(29)44)27-9-6-8-26(35(27)43)23-16-17-51-33(18-23)45-19-30(39(51)53)37-46-20-32(48-37)40(54)57-5/h6-12,14,16-19,25,32H,13,15,20-22H2,1-5H3,(H,46,48)(H,47,52). The van der Waals surface area contributed by atoms with E-state index in [-0.39, 0.29) is 48.5 Å². The summed E-state index contributed by atoms with van der Waals surface area (Å²) in [6, 6.07) is 17.5. The van der Waals surface area contributed by atoms with Crippen molar-refractivity contribution < 1.29 is 28.6 Å². The summed E-state index contributed by atoms with van der Waals surface area (Å²) in [7, 11) is 2.80. The van der Waals surface area contributed by atoms with Crippen LogP contribution in [-0.4, -0.2) is 88.1 Å². The summed E-state index contributed by atoms with van der Waals surface area (Å²) >= 11 is 14.3. The highest BCUT2D eigenvalue weighted by Gasteiger charge is 2.30. The van der Waals surface area contributed by atoms with Crippen LogP contribution in [0.5, 0.6) is 5.88 Å². The predicted molar refractivity (Wildman–Crippen MR) is 220 cm³/mol. The van der Waals surface area contributed by atoms with Gasteiger partial charge in [0.05, 0.1) is 43.0 Å². The zero-order valence-electron chi connectivity index (χ0n) is 32.5. The Morgan fingerprint density at radius 1 is 0.931 bits per heavy atom. The van der Waals surface area contributed by atoms with Gasteiger partial charge in [0.1, 0.15) is 28.7 Å². The minimum Gasteiger partial charge on any atom is -0.481 e. The van der Waals surface area contributed by atoms with Crippen molar-refractivity contribution in [2.75, 3.05) is 27.3 Å². The molecule has 1 saturated heterocycles. The van der Waals surface area contributed by atoms with Crippen molar-refractivity contribution in [1.29, 1.82) is 0 Å². The molecule has 5 heterocycles. The number of aliphatic imine (C=N–C) groups is 1. The Kier molecular flexibility index (Phi) is 11.4. The normalized spacial score (nSPS) is 16.4. The molecule has 3 aromatic heterocycles. The lowest BCUT2D eigenvalue weighted by molar-refractivity contribution is -0.142. The molecule has 2 amide bonds. The Morgan fingerprint density at radius 2 is 1.64 bits per heavy atom. The van der Waals surface area contributed by atoms with E-state index in [1.165, 1.54) is 24.8 Å². The highest BCUT2D eigenvalue weighted by molar-refractivity contribution is 6.39. The van der Waals surface area contributed by atoms with Crippen molar-refractivity contribution in [3.63, 3.8) is 0 Å². The average Bonchev–Trinajstić information content (AvgIpc) is 3.86. The summed E-state index contributed by atoms with van der Waals surface area (Å²) in [5.74, 6) is 0.0692. The molecular formula is C42H41Cl2N7O7. The highest BCUT2D eigenvalue weighted by Crippen LogP contribution is 2.42. The maximum Gasteiger partial charge on any atom is 0.410 e. The van der Waals surface area contributed by atoms with Crippen molar-refractivity contribution in [1.82, 2.24) is 29.9 Å². The third-order valence-corrected chi connectivity index (χ3v) is 10.6. The van der Waals surface area contributed by atoms with Crippen LogP contribution in [0.2, 0.25) is 10.0 Å². The van der Waals surface area contributed by atoms with E-state index in [4.69, 9.17) is 42.4 Å². The second-order valence-corrected chi connectivity index (χ2v) is 15.6. The first-order valence-electron chi connectivity index (χ1n) is 18.5. The fourth-order valence-corrected chi connectivity index (χ4v) is 7.58. The summed E-state index contributed by atoms with van der Waals surface area (Å²) < 4.78 is 17.6. The molecule has 7 rings (SSSR count). The van der Waals surface area contributed by atoms with Gasteiger partial charge in [0.2, 0.25) is 11.8 Å². The molecule has 16 heteroatoms. The number of aromatic nitrogens is 3. The van der Waals surface area contributed by atoms with Gasteiger partial charge in [-0.3, -0.25) is 19.0 Å². The molecule has 0 aliphatic carbocycles. The van der Waals surface area contributed by atoms with Gasteiger partial charge in [-0.15, -0.1) is 0 Å². The number of amides is 2. The lowest BCUT2D eigenvalue weighted by Gasteiger charge is -2.29. The molecular weight excluding hydrogens is 785 g/mol. The molecule has 300 valence electrons. The molecule has 14 nitrogen and oxygen atoms in total. The number of ether oxygens (including phenoxy) is 3. The van der Waals surface area contributed by atoms with Gasteiger partial charge in [0, 0.05) is 59.2 Å². The second-order valence-electron chi connectivity index (χ2n) is 14.9. The predicted octanol–water partition coefficient (Wildman–Crippen LogP) is 6.31. The summed E-state index contributed by atoms with van der Waals surface area (Å²) in [5.41, 5.74) is 4.12. The van der Waals surface area contributed by atoms with Gasteiger partial charge >= 0.3 is 12.1 Å². The average molecular weight is 827 g/mol. The molecule has 0 bridgehead atoms. The quantitative estimate of drug-likeness (QED) is 0.152. The van der Waals surface area contributed by atoms with Crippen molar-refractivity contribution in [2.24, 2.45) is 4.99 Å². The molecule has 2 aromatic carbocycles. The van der Waals surface area contributed by atoms with Crippen LogP contribution in [-0.2, 0) is 25.6 Å². The van der Waals surface area contributed by atoms with E-state index in [2.05, 4.69) is 20.6 Å². The number of nitrogens with one attached hydrogen (secondary N) is 2. The highest BCUT2D eigenvalue weighted by atomic mass is 35.5. The van der Waals surface area contributed by atoms with E-state index in [9.17, 15) is 19.2 Å². The Balaban J connectivity index is 1.16. The minimum atomic E-state index is -0.716. The SMILES string of the molecule is COC(=O)C1CN=C(c2cnc3cc(-c4cccc(-c5cccc(-c6ccc(CN(CC7CCC(=O)N7)C(=O)OC(C)(C)C)c(OC)n6)c5Cl)c4Cl)ccn3c2=O)N1. The number of benzene rings is 2. The lowest BCUT2D eigenvalue weighted by Crippen LogP contribution is -2.43. The Labute approximate surface area is 344 Å². The first-order valence-corrected chi connectivity index (χ1v) is 19.3. The van der Waals surface area contributed by atoms with Crippen LogP contribution in [0.3, 0.4) is 0 Å². The molecule has 2 aliphatic heterocycles. The molecule has 2 atom stereocenters. The molecule has 5 aromatic rings. The smallest absolute Gasteiger partial charge is 0.410 e. The van der Waals surface area contributed by atoms with E-state index < -0.39 is 23.7 Å². The fraction of sp³-hybridized carbons (Fsp3) is 0.310. The number of nitrogens with zero attached hydrogens (tertiary/aromatic N) is 5. The molecule has 2 unspecified atom stereocenters. The first kappa shape index (κ1) is 40.2. The monoisotopic (exact) mass is 825 g/mol. The number of carbonyl (C=O) groups is 3. The molecule has 0 spiro atoms. The number of methoxy groups -OCH3 is 2. The molecule has 0 saturated carbocycles. The van der Waals surface area contributed by atoms with E-state index in [1.807, 2.05) is 48.5 Å². The van der Waals surface area contributed by atoms with E-state index >= 15 is 0 Å². The zero-order valence-corrected chi connectivity index (χ0v) is 34.0. The van der Waals surface area contributed by atoms with Crippen molar-refractivity contribution in [2.45, 2.75) is 57.8 Å². The number of carbonyl (C=O) groups excluding carboxylic acids is 3. The van der Waals surface area contributed by atoms with Gasteiger partial charge in [-0.25, -0.2) is 19.6 Å². The van der Waals surface area contributed by atoms with E-state index in [0.717, 1.165) is 5.56 Å². The third-order valence-electron chi connectivity index (χ3n) is 9.74. The topological polar surface area (TPSA) is 166 Å². The van der Waals surface area contributed by atoms with Gasteiger partial charge < -0.3 is 29.7 Å². The third kappa shape index (κ3) is 8.34. The number of halogens is 2. The number of hydrogen-bond donors (Lipinski definition) is 2. The Bertz CT molecular complexity index is 2530. The van der Waals surface area contributed by atoms with Gasteiger partial charge in [-0.05, 0) is 57.0 Å². The summed E-state index contributed by atoms with van der Waals surface area (Å²) in [5, 5.41) is 6.71. The largest absolute Gasteiger partial charge is 0.481 e. The lowest BCUT2D eigenvalue weighted by atomic mass is 9.97. The van der Waals surface area contributed by atoms with Crippen LogP contribution in [0.15, 0.2) is 82.8 Å². The van der Waals surface area contributed by atoms with Gasteiger partial charge in [-0.1, -0.05) is 59.6 Å². The number of fused-ring (bicyclic) bond motifs is 1. The molecule has 2 N–H and O–H groups in total. The van der Waals surface area contributed by atoms with Crippen molar-refractivity contribution in [3.05, 3.63) is 105 Å². The van der Waals surface area contributed by atoms with Gasteiger partial charge in [-0.2, -0.15) is 0 Å². The van der Waals surface area contributed by atoms with Crippen LogP contribution in [0, 0.1) is 0 Å². The molecule has 58 heavy (non-hydrogen) atoms. The maximum absolute atomic E-state index is 13.5. The Hall–Kier alpha value is -5.99. The molecule has 0 radical (unpaired) electrons. The number of pyridine rings is 2. The molecule has 1 fully saturated rings. The number of hydrogen-bond acceptors (Lipinski definition) is 11. The van der Waals surface area contributed by atoms with Crippen molar-refractivity contribution in [3.8, 4) is 39.4 Å².